The molecule has 0 saturated heterocycles. The third-order valence-corrected chi connectivity index (χ3v) is 4.75. The molecule has 5 N–H and O–H groups in total. The zero-order valence-corrected chi connectivity index (χ0v) is 13.2. The van der Waals surface area contributed by atoms with Crippen LogP contribution in [0.1, 0.15) is 44.1 Å². The van der Waals surface area contributed by atoms with Crippen molar-refractivity contribution in [2.45, 2.75) is 38.5 Å². The number of hydrogen-bond acceptors (Lipinski definition) is 3. The summed E-state index contributed by atoms with van der Waals surface area (Å²) >= 11 is 0. The first-order chi connectivity index (χ1) is 10.6. The molecule has 1 aliphatic rings. The van der Waals surface area contributed by atoms with Crippen LogP contribution in [0.5, 0.6) is 0 Å². The zero-order chi connectivity index (χ0) is 15.5. The number of anilines is 4. The van der Waals surface area contributed by atoms with Crippen molar-refractivity contribution in [1.29, 1.82) is 0 Å². The summed E-state index contributed by atoms with van der Waals surface area (Å²) in [7, 11) is 0. The van der Waals surface area contributed by atoms with Crippen molar-refractivity contribution >= 4 is 22.7 Å². The third-order valence-electron chi connectivity index (χ3n) is 4.75. The topological polar surface area (TPSA) is 64.1 Å². The van der Waals surface area contributed by atoms with E-state index in [1.807, 2.05) is 12.1 Å². The maximum atomic E-state index is 5.99. The van der Waals surface area contributed by atoms with E-state index in [0.29, 0.717) is 11.4 Å². The van der Waals surface area contributed by atoms with Gasteiger partial charge in [0.25, 0.3) is 0 Å². The van der Waals surface area contributed by atoms with Gasteiger partial charge in [-0.05, 0) is 60.6 Å². The Labute approximate surface area is 132 Å². The molecule has 2 aromatic carbocycles. The maximum Gasteiger partial charge on any atom is 0.0619 e. The summed E-state index contributed by atoms with van der Waals surface area (Å²) < 4.78 is 0. The molecule has 3 nitrogen and oxygen atoms in total. The first-order valence-electron chi connectivity index (χ1n) is 8.14. The Morgan fingerprint density at radius 3 is 2.23 bits per heavy atom. The molecule has 22 heavy (non-hydrogen) atoms. The van der Waals surface area contributed by atoms with Gasteiger partial charge in [0.1, 0.15) is 0 Å². The van der Waals surface area contributed by atoms with Crippen LogP contribution in [0, 0.1) is 5.92 Å². The summed E-state index contributed by atoms with van der Waals surface area (Å²) in [6, 6.07) is 14.3. The van der Waals surface area contributed by atoms with E-state index in [-0.39, 0.29) is 0 Å². The minimum Gasteiger partial charge on any atom is -0.399 e. The quantitative estimate of drug-likeness (QED) is 0.706. The summed E-state index contributed by atoms with van der Waals surface area (Å²) in [5, 5.41) is 3.36. The van der Waals surface area contributed by atoms with Crippen molar-refractivity contribution < 1.29 is 0 Å². The third kappa shape index (κ3) is 3.35. The lowest BCUT2D eigenvalue weighted by Crippen LogP contribution is -2.10. The van der Waals surface area contributed by atoms with E-state index < -0.39 is 0 Å². The summed E-state index contributed by atoms with van der Waals surface area (Å²) in [4.78, 5) is 0. The molecule has 0 unspecified atom stereocenters. The maximum absolute atomic E-state index is 5.99. The van der Waals surface area contributed by atoms with E-state index in [2.05, 4.69) is 36.5 Å². The highest BCUT2D eigenvalue weighted by atomic mass is 14.9. The number of rotatable bonds is 3. The second-order valence-electron chi connectivity index (χ2n) is 6.55. The second-order valence-corrected chi connectivity index (χ2v) is 6.55. The number of nitrogen functional groups attached to an aromatic ring is 2. The highest BCUT2D eigenvalue weighted by molar-refractivity contribution is 5.75. The standard InChI is InChI=1S/C19H25N3/c1-13-2-4-14(5-3-13)15-6-9-17(10-7-15)22-19-11-8-16(20)12-18(19)21/h6-14,22H,2-5,20-21H2,1H3. The van der Waals surface area contributed by atoms with Gasteiger partial charge in [0.2, 0.25) is 0 Å². The zero-order valence-electron chi connectivity index (χ0n) is 13.2. The monoisotopic (exact) mass is 295 g/mol. The van der Waals surface area contributed by atoms with E-state index in [9.17, 15) is 0 Å². The van der Waals surface area contributed by atoms with Crippen LogP contribution in [0.25, 0.3) is 0 Å². The molecule has 2 aromatic rings. The van der Waals surface area contributed by atoms with Gasteiger partial charge >= 0.3 is 0 Å². The summed E-state index contributed by atoms with van der Waals surface area (Å²) in [6.07, 6.45) is 5.34. The SMILES string of the molecule is CC1CCC(c2ccc(Nc3ccc(N)cc3N)cc2)CC1. The second kappa shape index (κ2) is 6.30. The number of hydrogen-bond donors (Lipinski definition) is 3. The minimum atomic E-state index is 0.672. The molecule has 0 aliphatic heterocycles. The fourth-order valence-corrected chi connectivity index (χ4v) is 3.28. The predicted molar refractivity (Wildman–Crippen MR) is 95.4 cm³/mol. The van der Waals surface area contributed by atoms with Gasteiger partial charge in [0.15, 0.2) is 0 Å². The molecule has 1 fully saturated rings. The van der Waals surface area contributed by atoms with Crippen LogP contribution < -0.4 is 16.8 Å². The molecule has 0 heterocycles. The van der Waals surface area contributed by atoms with Gasteiger partial charge in [0, 0.05) is 11.4 Å². The Balaban J connectivity index is 1.69. The molecular weight excluding hydrogens is 270 g/mol. The molecule has 0 aromatic heterocycles. The Kier molecular flexibility index (Phi) is 4.23. The Hall–Kier alpha value is -2.16. The van der Waals surface area contributed by atoms with Crippen LogP contribution in [-0.4, -0.2) is 0 Å². The normalized spacial score (nSPS) is 21.5. The molecule has 116 valence electrons. The fourth-order valence-electron chi connectivity index (χ4n) is 3.28. The molecule has 0 spiro atoms. The van der Waals surface area contributed by atoms with Gasteiger partial charge in [0.05, 0.1) is 11.4 Å². The van der Waals surface area contributed by atoms with Gasteiger partial charge in [-0.3, -0.25) is 0 Å². The number of benzene rings is 2. The lowest BCUT2D eigenvalue weighted by atomic mass is 9.79. The van der Waals surface area contributed by atoms with Crippen LogP contribution in [0.2, 0.25) is 0 Å². The van der Waals surface area contributed by atoms with Crippen LogP contribution in [0.15, 0.2) is 42.5 Å². The van der Waals surface area contributed by atoms with E-state index >= 15 is 0 Å². The van der Waals surface area contributed by atoms with Gasteiger partial charge in [-0.1, -0.05) is 31.9 Å². The summed E-state index contributed by atoms with van der Waals surface area (Å²) in [5.74, 6) is 1.62. The summed E-state index contributed by atoms with van der Waals surface area (Å²) in [5.41, 5.74) is 16.5. The molecule has 0 bridgehead atoms. The van der Waals surface area contributed by atoms with Crippen LogP contribution in [0.3, 0.4) is 0 Å². The van der Waals surface area contributed by atoms with Crippen molar-refractivity contribution in [3.63, 3.8) is 0 Å². The number of nitrogens with one attached hydrogen (secondary N) is 1. The highest BCUT2D eigenvalue weighted by Gasteiger charge is 2.19. The largest absolute Gasteiger partial charge is 0.399 e. The average molecular weight is 295 g/mol. The Bertz CT molecular complexity index is 626. The van der Waals surface area contributed by atoms with E-state index in [1.54, 1.807) is 6.07 Å². The first-order valence-corrected chi connectivity index (χ1v) is 8.14. The highest BCUT2D eigenvalue weighted by Crippen LogP contribution is 2.36. The molecule has 0 amide bonds. The molecule has 0 radical (unpaired) electrons. The predicted octanol–water partition coefficient (Wildman–Crippen LogP) is 4.89. The van der Waals surface area contributed by atoms with Gasteiger partial charge in [-0.25, -0.2) is 0 Å². The van der Waals surface area contributed by atoms with Crippen molar-refractivity contribution in [1.82, 2.24) is 0 Å². The Morgan fingerprint density at radius 2 is 1.59 bits per heavy atom. The lowest BCUT2D eigenvalue weighted by Gasteiger charge is -2.26. The van der Waals surface area contributed by atoms with Gasteiger partial charge < -0.3 is 16.8 Å². The Morgan fingerprint density at radius 1 is 0.909 bits per heavy atom. The van der Waals surface area contributed by atoms with Crippen LogP contribution in [-0.2, 0) is 0 Å². The van der Waals surface area contributed by atoms with E-state index in [1.165, 1.54) is 31.2 Å². The van der Waals surface area contributed by atoms with Crippen molar-refractivity contribution in [2.24, 2.45) is 5.92 Å². The summed E-state index contributed by atoms with van der Waals surface area (Å²) in [6.45, 7) is 2.36. The first kappa shape index (κ1) is 14.8. The smallest absolute Gasteiger partial charge is 0.0619 e. The van der Waals surface area contributed by atoms with Crippen molar-refractivity contribution in [3.8, 4) is 0 Å². The number of nitrogens with two attached hydrogens (primary N) is 2. The van der Waals surface area contributed by atoms with Crippen molar-refractivity contribution in [3.05, 3.63) is 48.0 Å². The fraction of sp³-hybridized carbons (Fsp3) is 0.368. The van der Waals surface area contributed by atoms with Crippen LogP contribution in [0.4, 0.5) is 22.7 Å². The van der Waals surface area contributed by atoms with Crippen molar-refractivity contribution in [2.75, 3.05) is 16.8 Å². The molecule has 3 heteroatoms. The van der Waals surface area contributed by atoms with E-state index in [4.69, 9.17) is 11.5 Å². The van der Waals surface area contributed by atoms with Crippen LogP contribution >= 0.6 is 0 Å². The lowest BCUT2D eigenvalue weighted by molar-refractivity contribution is 0.348. The molecule has 3 rings (SSSR count). The van der Waals surface area contributed by atoms with Gasteiger partial charge in [-0.2, -0.15) is 0 Å². The molecule has 1 aliphatic carbocycles. The van der Waals surface area contributed by atoms with Gasteiger partial charge in [-0.15, -0.1) is 0 Å². The minimum absolute atomic E-state index is 0.672. The molecule has 1 saturated carbocycles. The molecular formula is C19H25N3. The van der Waals surface area contributed by atoms with E-state index in [0.717, 1.165) is 23.2 Å². The average Bonchev–Trinajstić information content (AvgIpc) is 2.52. The molecule has 0 atom stereocenters.